The van der Waals surface area contributed by atoms with Gasteiger partial charge in [-0.3, -0.25) is 9.59 Å². The van der Waals surface area contributed by atoms with Crippen molar-refractivity contribution in [3.63, 3.8) is 0 Å². The second-order valence-electron chi connectivity index (χ2n) is 3.63. The van der Waals surface area contributed by atoms with Crippen molar-refractivity contribution in [2.24, 2.45) is 0 Å². The summed E-state index contributed by atoms with van der Waals surface area (Å²) in [5.41, 5.74) is 1.52. The van der Waals surface area contributed by atoms with Gasteiger partial charge in [-0.1, -0.05) is 17.7 Å². The van der Waals surface area contributed by atoms with E-state index >= 15 is 0 Å². The van der Waals surface area contributed by atoms with Gasteiger partial charge in [-0.25, -0.2) is 0 Å². The van der Waals surface area contributed by atoms with Crippen LogP contribution in [0, 0.1) is 6.92 Å². The van der Waals surface area contributed by atoms with Crippen molar-refractivity contribution < 1.29 is 14.7 Å². The number of hydrogen-bond acceptors (Lipinski definition) is 3. The maximum Gasteiger partial charge on any atom is 0.251 e. The molecule has 2 amide bonds. The van der Waals surface area contributed by atoms with Crippen LogP contribution in [0.3, 0.4) is 0 Å². The summed E-state index contributed by atoms with van der Waals surface area (Å²) in [5.74, 6) is -0.604. The van der Waals surface area contributed by atoms with Crippen molar-refractivity contribution in [1.29, 1.82) is 0 Å². The molecular weight excluding hydrogens is 220 g/mol. The van der Waals surface area contributed by atoms with E-state index < -0.39 is 0 Å². The molecular formula is C12H16N2O3. The number of rotatable bonds is 5. The van der Waals surface area contributed by atoms with Crippen molar-refractivity contribution in [3.8, 4) is 0 Å². The Morgan fingerprint density at radius 3 is 2.71 bits per heavy atom. The molecule has 0 radical (unpaired) electrons. The second kappa shape index (κ2) is 6.65. The van der Waals surface area contributed by atoms with Crippen LogP contribution in [0.5, 0.6) is 0 Å². The van der Waals surface area contributed by atoms with E-state index in [4.69, 9.17) is 5.11 Å². The van der Waals surface area contributed by atoms with Gasteiger partial charge >= 0.3 is 0 Å². The van der Waals surface area contributed by atoms with Gasteiger partial charge in [0.1, 0.15) is 0 Å². The molecule has 0 bridgehead atoms. The van der Waals surface area contributed by atoms with Gasteiger partial charge in [0.15, 0.2) is 0 Å². The number of nitrogens with one attached hydrogen (secondary N) is 2. The van der Waals surface area contributed by atoms with Gasteiger partial charge < -0.3 is 15.7 Å². The minimum atomic E-state index is -0.319. The molecule has 92 valence electrons. The molecule has 5 heteroatoms. The van der Waals surface area contributed by atoms with Crippen LogP contribution in [-0.2, 0) is 4.79 Å². The lowest BCUT2D eigenvalue weighted by Gasteiger charge is -2.06. The van der Waals surface area contributed by atoms with Crippen molar-refractivity contribution in [2.45, 2.75) is 6.92 Å². The minimum absolute atomic E-state index is 0.0905. The smallest absolute Gasteiger partial charge is 0.251 e. The van der Waals surface area contributed by atoms with Crippen molar-refractivity contribution in [1.82, 2.24) is 10.6 Å². The zero-order valence-electron chi connectivity index (χ0n) is 9.69. The number of aryl methyl sites for hydroxylation is 1. The van der Waals surface area contributed by atoms with Crippen LogP contribution in [0.15, 0.2) is 24.3 Å². The third kappa shape index (κ3) is 4.65. The lowest BCUT2D eigenvalue weighted by molar-refractivity contribution is -0.120. The summed E-state index contributed by atoms with van der Waals surface area (Å²) in [6, 6.07) is 7.12. The molecule has 0 unspecified atom stereocenters. The van der Waals surface area contributed by atoms with Gasteiger partial charge in [-0.15, -0.1) is 0 Å². The molecule has 0 heterocycles. The Kier molecular flexibility index (Phi) is 5.16. The van der Waals surface area contributed by atoms with E-state index in [0.29, 0.717) is 5.56 Å². The summed E-state index contributed by atoms with van der Waals surface area (Å²) in [4.78, 5) is 22.8. The maximum atomic E-state index is 11.6. The predicted octanol–water partition coefficient (Wildman–Crippen LogP) is -0.167. The molecule has 0 saturated carbocycles. The van der Waals surface area contributed by atoms with Crippen molar-refractivity contribution in [2.75, 3.05) is 19.7 Å². The van der Waals surface area contributed by atoms with Crippen molar-refractivity contribution in [3.05, 3.63) is 35.4 Å². The third-order valence-corrected chi connectivity index (χ3v) is 2.12. The third-order valence-electron chi connectivity index (χ3n) is 2.12. The fourth-order valence-electron chi connectivity index (χ4n) is 1.31. The average molecular weight is 236 g/mol. The number of hydrogen-bond donors (Lipinski definition) is 3. The van der Waals surface area contributed by atoms with Crippen molar-refractivity contribution >= 4 is 11.8 Å². The first-order valence-electron chi connectivity index (χ1n) is 5.36. The Hall–Kier alpha value is -1.88. The lowest BCUT2D eigenvalue weighted by atomic mass is 10.1. The highest BCUT2D eigenvalue weighted by molar-refractivity contribution is 5.96. The molecule has 0 aliphatic rings. The number of aliphatic hydroxyl groups is 1. The second-order valence-corrected chi connectivity index (χ2v) is 3.63. The first kappa shape index (κ1) is 13.2. The number of benzene rings is 1. The average Bonchev–Trinajstić information content (AvgIpc) is 2.33. The molecule has 0 fully saturated rings. The largest absolute Gasteiger partial charge is 0.395 e. The van der Waals surface area contributed by atoms with Gasteiger partial charge in [0.05, 0.1) is 13.2 Å². The molecule has 1 rings (SSSR count). The number of carbonyl (C=O) groups excluding carboxylic acids is 2. The Bertz CT molecular complexity index is 404. The minimum Gasteiger partial charge on any atom is -0.395 e. The lowest BCUT2D eigenvalue weighted by Crippen LogP contribution is -2.37. The summed E-state index contributed by atoms with van der Waals surface area (Å²) in [5, 5.41) is 13.4. The van der Waals surface area contributed by atoms with Gasteiger partial charge in [-0.2, -0.15) is 0 Å². The summed E-state index contributed by atoms with van der Waals surface area (Å²) >= 11 is 0. The highest BCUT2D eigenvalue weighted by Gasteiger charge is 2.07. The molecule has 17 heavy (non-hydrogen) atoms. The number of carbonyl (C=O) groups is 2. The van der Waals surface area contributed by atoms with Gasteiger partial charge in [0.2, 0.25) is 5.91 Å². The van der Waals surface area contributed by atoms with E-state index in [2.05, 4.69) is 10.6 Å². The molecule has 0 aliphatic heterocycles. The maximum absolute atomic E-state index is 11.6. The Morgan fingerprint density at radius 1 is 1.29 bits per heavy atom. The van der Waals surface area contributed by atoms with E-state index in [1.807, 2.05) is 13.0 Å². The Balaban J connectivity index is 2.42. The Morgan fingerprint density at radius 2 is 2.06 bits per heavy atom. The Labute approximate surface area is 99.8 Å². The molecule has 5 nitrogen and oxygen atoms in total. The predicted molar refractivity (Wildman–Crippen MR) is 63.6 cm³/mol. The summed E-state index contributed by atoms with van der Waals surface area (Å²) in [6.07, 6.45) is 0. The van der Waals surface area contributed by atoms with Crippen LogP contribution >= 0.6 is 0 Å². The van der Waals surface area contributed by atoms with E-state index in [1.54, 1.807) is 18.2 Å². The molecule has 0 saturated heterocycles. The molecule has 0 spiro atoms. The highest BCUT2D eigenvalue weighted by Crippen LogP contribution is 2.03. The topological polar surface area (TPSA) is 78.4 Å². The monoisotopic (exact) mass is 236 g/mol. The van der Waals surface area contributed by atoms with Crippen LogP contribution in [0.25, 0.3) is 0 Å². The van der Waals surface area contributed by atoms with Gasteiger partial charge in [0, 0.05) is 12.1 Å². The fraction of sp³-hybridized carbons (Fsp3) is 0.333. The van der Waals surface area contributed by atoms with Crippen LogP contribution in [0.2, 0.25) is 0 Å². The SMILES string of the molecule is Cc1cccc(C(=O)NCC(=O)NCCO)c1. The summed E-state index contributed by atoms with van der Waals surface area (Å²) in [7, 11) is 0. The first-order valence-corrected chi connectivity index (χ1v) is 5.36. The van der Waals surface area contributed by atoms with Crippen LogP contribution in [0.4, 0.5) is 0 Å². The highest BCUT2D eigenvalue weighted by atomic mass is 16.3. The molecule has 1 aromatic rings. The van der Waals surface area contributed by atoms with E-state index in [1.165, 1.54) is 0 Å². The summed E-state index contributed by atoms with van der Waals surface area (Å²) in [6.45, 7) is 1.88. The number of amides is 2. The van der Waals surface area contributed by atoms with Crippen LogP contribution < -0.4 is 10.6 Å². The standard InChI is InChI=1S/C12H16N2O3/c1-9-3-2-4-10(7-9)12(17)14-8-11(16)13-5-6-15/h2-4,7,15H,5-6,8H2,1H3,(H,13,16)(H,14,17). The zero-order valence-corrected chi connectivity index (χ0v) is 9.69. The van der Waals surface area contributed by atoms with Gasteiger partial charge in [-0.05, 0) is 19.1 Å². The molecule has 1 aromatic carbocycles. The molecule has 0 atom stereocenters. The molecule has 0 aliphatic carbocycles. The van der Waals surface area contributed by atoms with E-state index in [0.717, 1.165) is 5.56 Å². The fourth-order valence-corrected chi connectivity index (χ4v) is 1.31. The number of aliphatic hydroxyl groups excluding tert-OH is 1. The van der Waals surface area contributed by atoms with Gasteiger partial charge in [0.25, 0.3) is 5.91 Å². The quantitative estimate of drug-likeness (QED) is 0.664. The van der Waals surface area contributed by atoms with E-state index in [9.17, 15) is 9.59 Å². The zero-order chi connectivity index (χ0) is 12.7. The normalized spacial score (nSPS) is 9.76. The van der Waals surface area contributed by atoms with E-state index in [-0.39, 0.29) is 31.5 Å². The summed E-state index contributed by atoms with van der Waals surface area (Å²) < 4.78 is 0. The first-order chi connectivity index (χ1) is 8.13. The van der Waals surface area contributed by atoms with Crippen LogP contribution in [0.1, 0.15) is 15.9 Å². The van der Waals surface area contributed by atoms with Crippen LogP contribution in [-0.4, -0.2) is 36.6 Å². The molecule has 3 N–H and O–H groups in total. The molecule has 0 aromatic heterocycles.